The van der Waals surface area contributed by atoms with Gasteiger partial charge in [0.25, 0.3) is 0 Å². The molecule has 1 aromatic heterocycles. The summed E-state index contributed by atoms with van der Waals surface area (Å²) in [6.45, 7) is 0. The molecular weight excluding hydrogens is 282 g/mol. The molecule has 0 amide bonds. The van der Waals surface area contributed by atoms with Gasteiger partial charge in [-0.2, -0.15) is 0 Å². The van der Waals surface area contributed by atoms with Crippen molar-refractivity contribution >= 4 is 15.9 Å². The minimum absolute atomic E-state index is 0.101. The highest BCUT2D eigenvalue weighted by Crippen LogP contribution is 2.31. The Labute approximate surface area is 98.6 Å². The van der Waals surface area contributed by atoms with Crippen LogP contribution < -0.4 is 0 Å². The number of benzene rings is 1. The van der Waals surface area contributed by atoms with Crippen LogP contribution in [0.3, 0.4) is 0 Å². The van der Waals surface area contributed by atoms with Crippen molar-refractivity contribution in [2.75, 3.05) is 0 Å². The molecule has 0 aliphatic rings. The second-order valence-corrected chi connectivity index (χ2v) is 3.98. The molecule has 1 heterocycles. The Kier molecular flexibility index (Phi) is 3.07. The SMILES string of the molecule is OC(c1ccco1)c1ccc(F)c(F)c1Br. The highest BCUT2D eigenvalue weighted by Gasteiger charge is 2.20. The topological polar surface area (TPSA) is 33.4 Å². The van der Waals surface area contributed by atoms with Crippen molar-refractivity contribution in [3.63, 3.8) is 0 Å². The second kappa shape index (κ2) is 4.35. The Hall–Kier alpha value is -1.20. The predicted octanol–water partition coefficient (Wildman–Crippen LogP) is 3.40. The molecule has 0 fully saturated rings. The summed E-state index contributed by atoms with van der Waals surface area (Å²) in [5.74, 6) is -1.72. The van der Waals surface area contributed by atoms with Crippen LogP contribution in [0.25, 0.3) is 0 Å². The van der Waals surface area contributed by atoms with Gasteiger partial charge in [0, 0.05) is 5.56 Å². The van der Waals surface area contributed by atoms with E-state index in [2.05, 4.69) is 15.9 Å². The van der Waals surface area contributed by atoms with Crippen LogP contribution in [0.4, 0.5) is 8.78 Å². The average Bonchev–Trinajstić information content (AvgIpc) is 2.79. The van der Waals surface area contributed by atoms with Crippen molar-refractivity contribution in [3.8, 4) is 0 Å². The third-order valence-electron chi connectivity index (χ3n) is 2.17. The summed E-state index contributed by atoms with van der Waals surface area (Å²) in [6, 6.07) is 5.42. The normalized spacial score (nSPS) is 12.8. The van der Waals surface area contributed by atoms with E-state index >= 15 is 0 Å². The van der Waals surface area contributed by atoms with E-state index in [1.807, 2.05) is 0 Å². The van der Waals surface area contributed by atoms with Crippen molar-refractivity contribution < 1.29 is 18.3 Å². The summed E-state index contributed by atoms with van der Waals surface area (Å²) >= 11 is 2.90. The molecule has 0 spiro atoms. The third-order valence-corrected chi connectivity index (χ3v) is 2.98. The van der Waals surface area contributed by atoms with E-state index in [1.165, 1.54) is 12.3 Å². The van der Waals surface area contributed by atoms with Gasteiger partial charge in [-0.15, -0.1) is 0 Å². The molecule has 84 valence electrons. The molecule has 0 saturated carbocycles. The molecule has 0 aliphatic carbocycles. The fraction of sp³-hybridized carbons (Fsp3) is 0.0909. The summed E-state index contributed by atoms with van der Waals surface area (Å²) in [4.78, 5) is 0. The predicted molar refractivity (Wildman–Crippen MR) is 56.8 cm³/mol. The number of rotatable bonds is 2. The fourth-order valence-corrected chi connectivity index (χ4v) is 1.89. The Bertz CT molecular complexity index is 497. The molecule has 1 atom stereocenters. The lowest BCUT2D eigenvalue weighted by Gasteiger charge is -2.11. The first-order valence-corrected chi connectivity index (χ1v) is 5.25. The van der Waals surface area contributed by atoms with Gasteiger partial charge in [-0.1, -0.05) is 6.07 Å². The summed E-state index contributed by atoms with van der Waals surface area (Å²) in [7, 11) is 0. The standard InChI is InChI=1S/C11H7BrF2O2/c12-9-6(3-4-7(13)10(9)14)11(15)8-2-1-5-16-8/h1-5,11,15H. The summed E-state index contributed by atoms with van der Waals surface area (Å²) < 4.78 is 31.0. The lowest BCUT2D eigenvalue weighted by molar-refractivity contribution is 0.188. The Morgan fingerprint density at radius 3 is 2.62 bits per heavy atom. The minimum atomic E-state index is -1.13. The quantitative estimate of drug-likeness (QED) is 0.860. The third kappa shape index (κ3) is 1.88. The van der Waals surface area contributed by atoms with Gasteiger partial charge < -0.3 is 9.52 Å². The number of furan rings is 1. The Morgan fingerprint density at radius 1 is 1.25 bits per heavy atom. The number of hydrogen-bond acceptors (Lipinski definition) is 2. The first kappa shape index (κ1) is 11.3. The van der Waals surface area contributed by atoms with Gasteiger partial charge in [-0.25, -0.2) is 8.78 Å². The van der Waals surface area contributed by atoms with Crippen LogP contribution in [-0.4, -0.2) is 5.11 Å². The van der Waals surface area contributed by atoms with E-state index in [1.54, 1.807) is 12.1 Å². The molecule has 0 saturated heterocycles. The van der Waals surface area contributed by atoms with Crippen LogP contribution in [0.2, 0.25) is 0 Å². The van der Waals surface area contributed by atoms with Crippen LogP contribution in [0.1, 0.15) is 17.4 Å². The van der Waals surface area contributed by atoms with E-state index in [0.717, 1.165) is 6.07 Å². The van der Waals surface area contributed by atoms with Gasteiger partial charge in [-0.05, 0) is 34.1 Å². The van der Waals surface area contributed by atoms with E-state index in [4.69, 9.17) is 4.42 Å². The smallest absolute Gasteiger partial charge is 0.173 e. The number of hydrogen-bond donors (Lipinski definition) is 1. The van der Waals surface area contributed by atoms with E-state index in [-0.39, 0.29) is 15.8 Å². The second-order valence-electron chi connectivity index (χ2n) is 3.18. The maximum atomic E-state index is 13.2. The largest absolute Gasteiger partial charge is 0.466 e. The van der Waals surface area contributed by atoms with Gasteiger partial charge in [0.1, 0.15) is 11.9 Å². The molecule has 16 heavy (non-hydrogen) atoms. The van der Waals surface area contributed by atoms with Crippen LogP contribution >= 0.6 is 15.9 Å². The molecule has 5 heteroatoms. The average molecular weight is 289 g/mol. The lowest BCUT2D eigenvalue weighted by atomic mass is 10.1. The van der Waals surface area contributed by atoms with Gasteiger partial charge in [0.2, 0.25) is 0 Å². The summed E-state index contributed by atoms with van der Waals surface area (Å²) in [5, 5.41) is 9.86. The molecule has 2 nitrogen and oxygen atoms in total. The Morgan fingerprint density at radius 2 is 2.00 bits per heavy atom. The van der Waals surface area contributed by atoms with Crippen molar-refractivity contribution in [1.29, 1.82) is 0 Å². The maximum Gasteiger partial charge on any atom is 0.173 e. The zero-order valence-corrected chi connectivity index (χ0v) is 9.54. The first-order chi connectivity index (χ1) is 7.61. The van der Waals surface area contributed by atoms with Crippen LogP contribution in [0, 0.1) is 11.6 Å². The lowest BCUT2D eigenvalue weighted by Crippen LogP contribution is -2.01. The van der Waals surface area contributed by atoms with E-state index in [9.17, 15) is 13.9 Å². The maximum absolute atomic E-state index is 13.2. The van der Waals surface area contributed by atoms with Crippen molar-refractivity contribution in [1.82, 2.24) is 0 Å². The monoisotopic (exact) mass is 288 g/mol. The molecule has 0 bridgehead atoms. The first-order valence-electron chi connectivity index (χ1n) is 4.46. The minimum Gasteiger partial charge on any atom is -0.466 e. The molecular formula is C11H7BrF2O2. The van der Waals surface area contributed by atoms with Gasteiger partial charge >= 0.3 is 0 Å². The molecule has 0 aliphatic heterocycles. The molecule has 0 radical (unpaired) electrons. The van der Waals surface area contributed by atoms with Crippen molar-refractivity contribution in [2.45, 2.75) is 6.10 Å². The van der Waals surface area contributed by atoms with Gasteiger partial charge in [-0.3, -0.25) is 0 Å². The molecule has 1 N–H and O–H groups in total. The highest BCUT2D eigenvalue weighted by molar-refractivity contribution is 9.10. The number of aliphatic hydroxyl groups is 1. The van der Waals surface area contributed by atoms with Crippen molar-refractivity contribution in [2.24, 2.45) is 0 Å². The summed E-state index contributed by atoms with van der Waals surface area (Å²) in [5.41, 5.74) is 0.217. The zero-order valence-electron chi connectivity index (χ0n) is 7.95. The number of aliphatic hydroxyl groups excluding tert-OH is 1. The highest BCUT2D eigenvalue weighted by atomic mass is 79.9. The van der Waals surface area contributed by atoms with E-state index in [0.29, 0.717) is 0 Å². The van der Waals surface area contributed by atoms with Crippen molar-refractivity contribution in [3.05, 3.63) is 58.0 Å². The Balaban J connectivity index is 2.45. The van der Waals surface area contributed by atoms with Crippen LogP contribution in [0.5, 0.6) is 0 Å². The number of halogens is 3. The zero-order chi connectivity index (χ0) is 11.7. The van der Waals surface area contributed by atoms with E-state index < -0.39 is 17.7 Å². The molecule has 1 aromatic carbocycles. The fourth-order valence-electron chi connectivity index (χ4n) is 1.35. The van der Waals surface area contributed by atoms with Crippen LogP contribution in [-0.2, 0) is 0 Å². The van der Waals surface area contributed by atoms with Gasteiger partial charge in [0.15, 0.2) is 11.6 Å². The van der Waals surface area contributed by atoms with Gasteiger partial charge in [0.05, 0.1) is 10.7 Å². The van der Waals surface area contributed by atoms with Crippen LogP contribution in [0.15, 0.2) is 39.4 Å². The molecule has 2 aromatic rings. The molecule has 2 rings (SSSR count). The summed E-state index contributed by atoms with van der Waals surface area (Å²) in [6.07, 6.45) is 0.270. The molecule has 1 unspecified atom stereocenters.